The van der Waals surface area contributed by atoms with Gasteiger partial charge in [0.1, 0.15) is 11.9 Å². The SMILES string of the molecule is Cn1cc(-c2ccc3c(c2)CN(C2CCC(=O)NC2=O)C3=O)nc1-c1ccc(Cl)cc1Cl. The first kappa shape index (κ1) is 20.7. The van der Waals surface area contributed by atoms with Crippen molar-refractivity contribution in [2.45, 2.75) is 25.4 Å². The molecule has 1 fully saturated rings. The van der Waals surface area contributed by atoms with Crippen LogP contribution < -0.4 is 5.32 Å². The number of carbonyl (C=O) groups excluding carboxylic acids is 3. The Hall–Kier alpha value is -3.16. The van der Waals surface area contributed by atoms with E-state index in [1.165, 1.54) is 4.90 Å². The highest BCUT2D eigenvalue weighted by atomic mass is 35.5. The fraction of sp³-hybridized carbons (Fsp3) is 0.217. The normalized spacial score (nSPS) is 18.2. The Balaban J connectivity index is 1.45. The minimum absolute atomic E-state index is 0.198. The van der Waals surface area contributed by atoms with E-state index in [1.807, 2.05) is 36.0 Å². The molecule has 5 rings (SSSR count). The lowest BCUT2D eigenvalue weighted by Crippen LogP contribution is -2.52. The molecule has 0 radical (unpaired) electrons. The van der Waals surface area contributed by atoms with Crippen molar-refractivity contribution in [1.29, 1.82) is 0 Å². The monoisotopic (exact) mass is 468 g/mol. The Morgan fingerprint density at radius 1 is 1.06 bits per heavy atom. The molecule has 2 aromatic carbocycles. The van der Waals surface area contributed by atoms with Gasteiger partial charge in [-0.1, -0.05) is 29.3 Å². The van der Waals surface area contributed by atoms with Crippen LogP contribution in [0.2, 0.25) is 10.0 Å². The number of aryl methyl sites for hydroxylation is 1. The first-order valence-corrected chi connectivity index (χ1v) is 10.8. The summed E-state index contributed by atoms with van der Waals surface area (Å²) in [6.07, 6.45) is 2.46. The maximum atomic E-state index is 12.9. The summed E-state index contributed by atoms with van der Waals surface area (Å²) < 4.78 is 1.89. The Kier molecular flexibility index (Phi) is 5.03. The average molecular weight is 469 g/mol. The van der Waals surface area contributed by atoms with Crippen LogP contribution in [-0.2, 0) is 23.2 Å². The molecule has 2 aliphatic rings. The third-order valence-corrected chi connectivity index (χ3v) is 6.42. The van der Waals surface area contributed by atoms with E-state index in [4.69, 9.17) is 28.2 Å². The number of rotatable bonds is 3. The molecule has 3 amide bonds. The van der Waals surface area contributed by atoms with E-state index in [-0.39, 0.29) is 18.2 Å². The second-order valence-corrected chi connectivity index (χ2v) is 8.80. The Labute approximate surface area is 193 Å². The van der Waals surface area contributed by atoms with Crippen LogP contribution in [0.15, 0.2) is 42.6 Å². The molecule has 1 N–H and O–H groups in total. The molecular formula is C23H18Cl2N4O3. The predicted octanol–water partition coefficient (Wildman–Crippen LogP) is 3.82. The first-order chi connectivity index (χ1) is 15.3. The van der Waals surface area contributed by atoms with Gasteiger partial charge in [-0.3, -0.25) is 19.7 Å². The lowest BCUT2D eigenvalue weighted by Gasteiger charge is -2.29. The van der Waals surface area contributed by atoms with E-state index in [0.29, 0.717) is 34.4 Å². The molecule has 2 aliphatic heterocycles. The van der Waals surface area contributed by atoms with E-state index in [1.54, 1.807) is 18.2 Å². The van der Waals surface area contributed by atoms with Gasteiger partial charge in [0.2, 0.25) is 11.8 Å². The number of aromatic nitrogens is 2. The Morgan fingerprint density at radius 2 is 1.84 bits per heavy atom. The number of hydrogen-bond acceptors (Lipinski definition) is 4. The van der Waals surface area contributed by atoms with E-state index >= 15 is 0 Å². The summed E-state index contributed by atoms with van der Waals surface area (Å²) >= 11 is 12.4. The highest BCUT2D eigenvalue weighted by Crippen LogP contribution is 2.34. The third-order valence-electron chi connectivity index (χ3n) is 5.87. The quantitative estimate of drug-likeness (QED) is 0.592. The number of carbonyl (C=O) groups is 3. The standard InChI is InChI=1S/C23H18Cl2N4O3/c1-28-11-18(26-21(28)16-5-3-14(24)9-17(16)25)12-2-4-15-13(8-12)10-29(23(15)32)19-6-7-20(30)27-22(19)31/h2-5,8-9,11,19H,6-7,10H2,1H3,(H,27,30,31). The van der Waals surface area contributed by atoms with Crippen molar-refractivity contribution >= 4 is 40.9 Å². The number of nitrogens with zero attached hydrogens (tertiary/aromatic N) is 3. The predicted molar refractivity (Wildman–Crippen MR) is 120 cm³/mol. The Bertz CT molecular complexity index is 1300. The number of amides is 3. The highest BCUT2D eigenvalue weighted by Gasteiger charge is 2.39. The van der Waals surface area contributed by atoms with Crippen LogP contribution in [0, 0.1) is 0 Å². The van der Waals surface area contributed by atoms with Crippen LogP contribution in [0.4, 0.5) is 0 Å². The lowest BCUT2D eigenvalue weighted by atomic mass is 10.0. The fourth-order valence-corrected chi connectivity index (χ4v) is 4.75. The summed E-state index contributed by atoms with van der Waals surface area (Å²) in [6, 6.07) is 10.2. The number of imidazole rings is 1. The molecule has 9 heteroatoms. The molecule has 7 nitrogen and oxygen atoms in total. The molecule has 1 atom stereocenters. The number of benzene rings is 2. The van der Waals surface area contributed by atoms with Crippen molar-refractivity contribution in [3.63, 3.8) is 0 Å². The van der Waals surface area contributed by atoms with Gasteiger partial charge in [0.25, 0.3) is 5.91 Å². The van der Waals surface area contributed by atoms with Gasteiger partial charge in [-0.05, 0) is 42.3 Å². The lowest BCUT2D eigenvalue weighted by molar-refractivity contribution is -0.136. The second kappa shape index (κ2) is 7.76. The zero-order valence-corrected chi connectivity index (χ0v) is 18.6. The van der Waals surface area contributed by atoms with Gasteiger partial charge in [-0.15, -0.1) is 0 Å². The van der Waals surface area contributed by atoms with E-state index < -0.39 is 11.9 Å². The summed E-state index contributed by atoms with van der Waals surface area (Å²) in [5, 5.41) is 3.38. The minimum Gasteiger partial charge on any atom is -0.333 e. The van der Waals surface area contributed by atoms with Gasteiger partial charge in [0.15, 0.2) is 0 Å². The summed E-state index contributed by atoms with van der Waals surface area (Å²) in [6.45, 7) is 0.316. The number of halogens is 2. The number of hydrogen-bond donors (Lipinski definition) is 1. The molecule has 0 spiro atoms. The van der Waals surface area contributed by atoms with Crippen molar-refractivity contribution < 1.29 is 14.4 Å². The molecule has 1 unspecified atom stereocenters. The summed E-state index contributed by atoms with van der Waals surface area (Å²) in [5.41, 5.74) is 3.76. The van der Waals surface area contributed by atoms with Gasteiger partial charge in [0, 0.05) is 47.9 Å². The summed E-state index contributed by atoms with van der Waals surface area (Å²) in [5.74, 6) is -0.222. The molecule has 1 aromatic heterocycles. The molecule has 3 heterocycles. The second-order valence-electron chi connectivity index (χ2n) is 7.96. The maximum absolute atomic E-state index is 12.9. The highest BCUT2D eigenvalue weighted by molar-refractivity contribution is 6.36. The van der Waals surface area contributed by atoms with Gasteiger partial charge in [-0.2, -0.15) is 0 Å². The molecular weight excluding hydrogens is 451 g/mol. The van der Waals surface area contributed by atoms with E-state index in [0.717, 1.165) is 22.4 Å². The van der Waals surface area contributed by atoms with Crippen LogP contribution in [0.5, 0.6) is 0 Å². The zero-order chi connectivity index (χ0) is 22.6. The van der Waals surface area contributed by atoms with Crippen LogP contribution in [-0.4, -0.2) is 38.2 Å². The number of nitrogens with one attached hydrogen (secondary N) is 1. The minimum atomic E-state index is -0.635. The molecule has 3 aromatic rings. The van der Waals surface area contributed by atoms with Crippen molar-refractivity contribution in [3.8, 4) is 22.6 Å². The van der Waals surface area contributed by atoms with Crippen molar-refractivity contribution in [1.82, 2.24) is 19.8 Å². The first-order valence-electron chi connectivity index (χ1n) is 10.1. The van der Waals surface area contributed by atoms with Gasteiger partial charge < -0.3 is 9.47 Å². The van der Waals surface area contributed by atoms with Gasteiger partial charge in [-0.25, -0.2) is 4.98 Å². The van der Waals surface area contributed by atoms with Crippen molar-refractivity contribution in [3.05, 3.63) is 63.8 Å². The van der Waals surface area contributed by atoms with Crippen LogP contribution >= 0.6 is 23.2 Å². The van der Waals surface area contributed by atoms with Crippen molar-refractivity contribution in [2.75, 3.05) is 0 Å². The zero-order valence-electron chi connectivity index (χ0n) is 17.1. The van der Waals surface area contributed by atoms with Crippen LogP contribution in [0.3, 0.4) is 0 Å². The number of imide groups is 1. The molecule has 0 aliphatic carbocycles. The van der Waals surface area contributed by atoms with E-state index in [9.17, 15) is 14.4 Å². The van der Waals surface area contributed by atoms with Gasteiger partial charge in [0.05, 0.1) is 10.7 Å². The topological polar surface area (TPSA) is 84.3 Å². The average Bonchev–Trinajstić information content (AvgIpc) is 3.28. The number of fused-ring (bicyclic) bond motifs is 1. The van der Waals surface area contributed by atoms with E-state index in [2.05, 4.69) is 5.32 Å². The smallest absolute Gasteiger partial charge is 0.255 e. The largest absolute Gasteiger partial charge is 0.333 e. The fourth-order valence-electron chi connectivity index (χ4n) is 4.26. The molecule has 0 bridgehead atoms. The number of piperidine rings is 1. The molecule has 162 valence electrons. The molecule has 32 heavy (non-hydrogen) atoms. The van der Waals surface area contributed by atoms with Crippen molar-refractivity contribution in [2.24, 2.45) is 7.05 Å². The van der Waals surface area contributed by atoms with Crippen LogP contribution in [0.25, 0.3) is 22.6 Å². The third kappa shape index (κ3) is 3.47. The summed E-state index contributed by atoms with van der Waals surface area (Å²) in [7, 11) is 1.89. The molecule has 0 saturated carbocycles. The van der Waals surface area contributed by atoms with Crippen LogP contribution in [0.1, 0.15) is 28.8 Å². The van der Waals surface area contributed by atoms with Gasteiger partial charge >= 0.3 is 0 Å². The molecule has 1 saturated heterocycles. The maximum Gasteiger partial charge on any atom is 0.255 e. The summed E-state index contributed by atoms with van der Waals surface area (Å²) in [4.78, 5) is 42.9. The Morgan fingerprint density at radius 3 is 2.59 bits per heavy atom.